The van der Waals surface area contributed by atoms with E-state index in [1.807, 2.05) is 17.0 Å². The molecule has 0 bridgehead atoms. The molecule has 0 aliphatic rings. The first kappa shape index (κ1) is 21.6. The number of nitrogens with one attached hydrogen (secondary N) is 1. The van der Waals surface area contributed by atoms with Crippen LogP contribution < -0.4 is 9.25 Å². The zero-order chi connectivity index (χ0) is 21.6. The first-order valence-corrected chi connectivity index (χ1v) is 18.0. The van der Waals surface area contributed by atoms with Gasteiger partial charge in [0, 0.05) is 7.05 Å². The number of hydrogen-bond acceptors (Lipinski definition) is 5. The molecular weight excluding hydrogens is 474 g/mol. The summed E-state index contributed by atoms with van der Waals surface area (Å²) >= 11 is 4.22. The van der Waals surface area contributed by atoms with Crippen molar-refractivity contribution in [3.05, 3.63) is 52.9 Å². The van der Waals surface area contributed by atoms with Crippen LogP contribution in [0.2, 0.25) is 22.3 Å². The van der Waals surface area contributed by atoms with E-state index in [2.05, 4.69) is 27.5 Å². The fraction of sp³-hybridized carbons (Fsp3) is 0.278. The van der Waals surface area contributed by atoms with Crippen molar-refractivity contribution in [2.45, 2.75) is 29.1 Å². The predicted octanol–water partition coefficient (Wildman–Crippen LogP) is 2.23. The number of carbonyl (C=O) groups is 1. The summed E-state index contributed by atoms with van der Waals surface area (Å²) in [4.78, 5) is 12.5. The molecule has 0 aliphatic heterocycles. The summed E-state index contributed by atoms with van der Waals surface area (Å²) < 4.78 is 31.2. The molecule has 2 heterocycles. The molecule has 1 aromatic carbocycles. The minimum atomic E-state index is -4.06. The molecule has 3 aromatic rings. The number of sulfonamides is 1. The Labute approximate surface area is 177 Å². The summed E-state index contributed by atoms with van der Waals surface area (Å²) in [5, 5.41) is 8.74. The van der Waals surface area contributed by atoms with Gasteiger partial charge in [0.25, 0.3) is 0 Å². The summed E-state index contributed by atoms with van der Waals surface area (Å²) in [5.41, 5.74) is 1.05. The summed E-state index contributed by atoms with van der Waals surface area (Å²) in [7, 11) is -2.46. The average molecular weight is 497 g/mol. The number of aryl methyl sites for hydroxylation is 2. The van der Waals surface area contributed by atoms with E-state index in [-0.39, 0.29) is 15.5 Å². The Balaban J connectivity index is 1.86. The summed E-state index contributed by atoms with van der Waals surface area (Å²) in [6.07, 6.45) is 3.19. The summed E-state index contributed by atoms with van der Waals surface area (Å²) in [5.74, 6) is 5.93. The van der Waals surface area contributed by atoms with Gasteiger partial charge in [-0.05, 0) is 6.92 Å². The maximum absolute atomic E-state index is 12.5. The average Bonchev–Trinajstić information content (AvgIpc) is 3.20. The fourth-order valence-corrected chi connectivity index (χ4v) is 6.28. The van der Waals surface area contributed by atoms with Crippen molar-refractivity contribution in [3.8, 4) is 5.69 Å². The zero-order valence-corrected chi connectivity index (χ0v) is 20.4. The van der Waals surface area contributed by atoms with Crippen molar-refractivity contribution in [1.29, 1.82) is 0 Å². The van der Waals surface area contributed by atoms with E-state index in [0.717, 1.165) is 4.53 Å². The van der Waals surface area contributed by atoms with Gasteiger partial charge in [-0.15, -0.1) is 0 Å². The van der Waals surface area contributed by atoms with Crippen LogP contribution in [-0.2, 0) is 17.1 Å². The van der Waals surface area contributed by atoms with E-state index >= 15 is 0 Å². The van der Waals surface area contributed by atoms with Crippen LogP contribution in [0.15, 0.2) is 41.6 Å². The number of rotatable bonds is 5. The van der Waals surface area contributed by atoms with Crippen molar-refractivity contribution in [2.75, 3.05) is 0 Å². The third-order valence-corrected chi connectivity index (χ3v) is 9.83. The quantitative estimate of drug-likeness (QED) is 0.547. The van der Waals surface area contributed by atoms with E-state index in [4.69, 9.17) is 11.6 Å². The molecule has 29 heavy (non-hydrogen) atoms. The van der Waals surface area contributed by atoms with Gasteiger partial charge in [-0.2, -0.15) is 5.10 Å². The molecule has 8 nitrogen and oxygen atoms in total. The van der Waals surface area contributed by atoms with Gasteiger partial charge in [-0.1, -0.05) is 0 Å². The number of halogens is 1. The van der Waals surface area contributed by atoms with Gasteiger partial charge in [0.2, 0.25) is 0 Å². The first-order valence-electron chi connectivity index (χ1n) is 8.82. The monoisotopic (exact) mass is 497 g/mol. The maximum atomic E-state index is 12.5. The van der Waals surface area contributed by atoms with Gasteiger partial charge in [-0.25, -0.2) is 0 Å². The Bertz CT molecular complexity index is 1190. The molecule has 1 N–H and O–H groups in total. The Morgan fingerprint density at radius 2 is 1.86 bits per heavy atom. The van der Waals surface area contributed by atoms with Crippen LogP contribution in [0.1, 0.15) is 16.1 Å². The molecule has 0 fully saturated rings. The SMILES string of the molecule is Cc1nn(C)cc1S(=O)(=O)NC(=O)c1ccc(-n2cc[c]([Ge]([CH3])([CH3])[CH3])n2)cc1Cl. The van der Waals surface area contributed by atoms with Crippen LogP contribution >= 0.6 is 11.6 Å². The van der Waals surface area contributed by atoms with Crippen molar-refractivity contribution < 1.29 is 13.2 Å². The van der Waals surface area contributed by atoms with Crippen molar-refractivity contribution in [2.24, 2.45) is 7.05 Å². The second kappa shape index (κ2) is 7.62. The van der Waals surface area contributed by atoms with Gasteiger partial charge in [0.15, 0.2) is 0 Å². The Morgan fingerprint density at radius 3 is 2.38 bits per heavy atom. The van der Waals surface area contributed by atoms with Crippen molar-refractivity contribution in [3.63, 3.8) is 0 Å². The third-order valence-electron chi connectivity index (χ3n) is 4.30. The number of aromatic nitrogens is 4. The van der Waals surface area contributed by atoms with E-state index in [9.17, 15) is 13.2 Å². The third kappa shape index (κ3) is 4.57. The molecule has 0 aliphatic carbocycles. The summed E-state index contributed by atoms with van der Waals surface area (Å²) in [6.45, 7) is 1.56. The van der Waals surface area contributed by atoms with E-state index in [1.165, 1.54) is 16.9 Å². The molecule has 0 saturated heterocycles. The number of amides is 1. The Kier molecular flexibility index (Phi) is 5.67. The molecular formula is C18H22ClGeN5O3S. The predicted molar refractivity (Wildman–Crippen MR) is 114 cm³/mol. The minimum absolute atomic E-state index is 0.0568. The zero-order valence-electron chi connectivity index (χ0n) is 16.8. The molecule has 0 unspecified atom stereocenters. The molecule has 0 radical (unpaired) electrons. The van der Waals surface area contributed by atoms with Gasteiger partial charge in [0.1, 0.15) is 0 Å². The molecule has 3 rings (SSSR count). The molecule has 0 atom stereocenters. The van der Waals surface area contributed by atoms with Crippen LogP contribution in [0.5, 0.6) is 0 Å². The number of nitrogens with zero attached hydrogens (tertiary/aromatic N) is 4. The molecule has 0 spiro atoms. The van der Waals surface area contributed by atoms with Gasteiger partial charge < -0.3 is 0 Å². The Hall–Kier alpha value is -2.11. The second-order valence-electron chi connectivity index (χ2n) is 7.75. The van der Waals surface area contributed by atoms with Crippen LogP contribution in [-0.4, -0.2) is 47.2 Å². The standard InChI is InChI=1S/C18H22ClGeN5O3S/c1-12-16(11-24(5)21-12)29(27,28)23-18(26)14-7-6-13(10-15(14)19)25-9-8-17(22-25)20(2,3)4/h6-11H,1-5H3,(H,23,26). The molecule has 0 saturated carbocycles. The number of hydrogen-bond donors (Lipinski definition) is 1. The fourth-order valence-electron chi connectivity index (χ4n) is 2.77. The van der Waals surface area contributed by atoms with Gasteiger partial charge in [0.05, 0.1) is 0 Å². The molecule has 11 heteroatoms. The van der Waals surface area contributed by atoms with Crippen LogP contribution in [0, 0.1) is 6.92 Å². The van der Waals surface area contributed by atoms with Crippen molar-refractivity contribution >= 4 is 45.3 Å². The number of benzene rings is 1. The summed E-state index contributed by atoms with van der Waals surface area (Å²) in [6, 6.07) is 6.75. The van der Waals surface area contributed by atoms with Crippen LogP contribution in [0.4, 0.5) is 0 Å². The first-order chi connectivity index (χ1) is 13.4. The molecule has 1 amide bonds. The van der Waals surface area contributed by atoms with Crippen molar-refractivity contribution in [1.82, 2.24) is 24.3 Å². The number of carbonyl (C=O) groups excluding carboxylic acids is 1. The molecule has 154 valence electrons. The van der Waals surface area contributed by atoms with E-state index in [0.29, 0.717) is 11.4 Å². The van der Waals surface area contributed by atoms with Gasteiger partial charge >= 0.3 is 154 Å². The van der Waals surface area contributed by atoms with Crippen LogP contribution in [0.25, 0.3) is 5.69 Å². The van der Waals surface area contributed by atoms with E-state index in [1.54, 1.807) is 30.8 Å². The normalized spacial score (nSPS) is 12.2. The Morgan fingerprint density at radius 1 is 1.17 bits per heavy atom. The van der Waals surface area contributed by atoms with Gasteiger partial charge in [-0.3, -0.25) is 4.68 Å². The van der Waals surface area contributed by atoms with Crippen LogP contribution in [0.3, 0.4) is 0 Å². The van der Waals surface area contributed by atoms with E-state index < -0.39 is 29.2 Å². The topological polar surface area (TPSA) is 98.9 Å². The second-order valence-corrected chi connectivity index (χ2v) is 20.3. The molecule has 2 aromatic heterocycles.